The summed E-state index contributed by atoms with van der Waals surface area (Å²) >= 11 is 0. The van der Waals surface area contributed by atoms with Gasteiger partial charge in [-0.2, -0.15) is 0 Å². The van der Waals surface area contributed by atoms with Gasteiger partial charge in [-0.1, -0.05) is 0 Å². The van der Waals surface area contributed by atoms with Crippen molar-refractivity contribution >= 4 is 16.9 Å². The summed E-state index contributed by atoms with van der Waals surface area (Å²) in [6.45, 7) is 2.14. The summed E-state index contributed by atoms with van der Waals surface area (Å²) in [4.78, 5) is 18.8. The van der Waals surface area contributed by atoms with E-state index in [1.807, 2.05) is 30.3 Å². The molecular formula is C15H18N6. The molecule has 0 unspecified atom stereocenters. The van der Waals surface area contributed by atoms with E-state index < -0.39 is 0 Å². The van der Waals surface area contributed by atoms with Crippen molar-refractivity contribution in [2.45, 2.75) is 19.3 Å². The molecule has 1 aliphatic heterocycles. The number of nitrogens with one attached hydrogen (secondary N) is 1. The zero-order valence-electron chi connectivity index (χ0n) is 12.1. The van der Waals surface area contributed by atoms with Crippen LogP contribution in [0.5, 0.6) is 0 Å². The van der Waals surface area contributed by atoms with E-state index in [9.17, 15) is 0 Å². The van der Waals surface area contributed by atoms with Gasteiger partial charge in [0.1, 0.15) is 17.8 Å². The van der Waals surface area contributed by atoms with Crippen LogP contribution >= 0.6 is 0 Å². The molecule has 0 aromatic carbocycles. The van der Waals surface area contributed by atoms with Gasteiger partial charge in [-0.05, 0) is 19.3 Å². The fourth-order valence-electron chi connectivity index (χ4n) is 3.11. The number of nitrogens with zero attached hydrogens (tertiary/aromatic N) is 5. The maximum atomic E-state index is 4.57. The molecule has 0 aliphatic carbocycles. The smallest absolute Gasteiger partial charge is 0.143 e. The van der Waals surface area contributed by atoms with Crippen LogP contribution in [0, 0.1) is 0 Å². The van der Waals surface area contributed by atoms with Crippen molar-refractivity contribution in [3.63, 3.8) is 0 Å². The van der Waals surface area contributed by atoms with Crippen molar-refractivity contribution in [2.24, 2.45) is 7.05 Å². The van der Waals surface area contributed by atoms with Gasteiger partial charge in [0, 0.05) is 31.9 Å². The predicted molar refractivity (Wildman–Crippen MR) is 82.2 cm³/mol. The maximum Gasteiger partial charge on any atom is 0.143 e. The number of H-pyrrole nitrogens is 1. The average molecular weight is 282 g/mol. The average Bonchev–Trinajstić information content (AvgIpc) is 3.13. The van der Waals surface area contributed by atoms with E-state index in [-0.39, 0.29) is 0 Å². The monoisotopic (exact) mass is 282 g/mol. The number of rotatable bonds is 2. The van der Waals surface area contributed by atoms with E-state index in [0.29, 0.717) is 0 Å². The zero-order chi connectivity index (χ0) is 14.2. The van der Waals surface area contributed by atoms with E-state index in [1.165, 1.54) is 19.3 Å². The van der Waals surface area contributed by atoms with Gasteiger partial charge in [0.05, 0.1) is 23.6 Å². The standard InChI is InChI=1S/C15H18N6/c1-20-10-16-8-12(20)11-7-17-14-13(11)15(19-9-18-14)21-5-3-2-4-6-21/h7-10H,2-6H2,1H3,(H,17,18,19). The number of imidazole rings is 1. The lowest BCUT2D eigenvalue weighted by Gasteiger charge is -2.28. The van der Waals surface area contributed by atoms with Crippen LogP contribution < -0.4 is 4.90 Å². The molecule has 6 heteroatoms. The number of fused-ring (bicyclic) bond motifs is 1. The summed E-state index contributed by atoms with van der Waals surface area (Å²) in [5.74, 6) is 1.04. The Balaban J connectivity index is 1.91. The molecule has 3 aromatic heterocycles. The summed E-state index contributed by atoms with van der Waals surface area (Å²) in [5.41, 5.74) is 3.09. The van der Waals surface area contributed by atoms with Crippen LogP contribution in [-0.2, 0) is 7.05 Å². The molecule has 0 saturated carbocycles. The van der Waals surface area contributed by atoms with Crippen LogP contribution in [0.3, 0.4) is 0 Å². The second kappa shape index (κ2) is 4.87. The van der Waals surface area contributed by atoms with Crippen molar-refractivity contribution in [2.75, 3.05) is 18.0 Å². The van der Waals surface area contributed by atoms with Gasteiger partial charge in [-0.3, -0.25) is 0 Å². The Morgan fingerprint density at radius 2 is 2.00 bits per heavy atom. The van der Waals surface area contributed by atoms with Crippen LogP contribution in [0.25, 0.3) is 22.3 Å². The summed E-state index contributed by atoms with van der Waals surface area (Å²) in [6, 6.07) is 0. The van der Waals surface area contributed by atoms with E-state index >= 15 is 0 Å². The summed E-state index contributed by atoms with van der Waals surface area (Å²) < 4.78 is 2.02. The van der Waals surface area contributed by atoms with Crippen LogP contribution in [-0.4, -0.2) is 37.6 Å². The number of hydrogen-bond donors (Lipinski definition) is 1. The number of anilines is 1. The Morgan fingerprint density at radius 1 is 1.14 bits per heavy atom. The maximum absolute atomic E-state index is 4.57. The number of piperidine rings is 1. The normalized spacial score (nSPS) is 15.8. The van der Waals surface area contributed by atoms with Gasteiger partial charge >= 0.3 is 0 Å². The van der Waals surface area contributed by atoms with Gasteiger partial charge < -0.3 is 14.5 Å². The highest BCUT2D eigenvalue weighted by Crippen LogP contribution is 2.34. The number of aromatic nitrogens is 5. The van der Waals surface area contributed by atoms with E-state index in [0.717, 1.165) is 41.2 Å². The van der Waals surface area contributed by atoms with Crippen molar-refractivity contribution in [1.82, 2.24) is 24.5 Å². The number of hydrogen-bond acceptors (Lipinski definition) is 4. The highest BCUT2D eigenvalue weighted by Gasteiger charge is 2.20. The molecule has 1 saturated heterocycles. The number of aryl methyl sites for hydroxylation is 1. The summed E-state index contributed by atoms with van der Waals surface area (Å²) in [6.07, 6.45) is 11.1. The second-order valence-corrected chi connectivity index (χ2v) is 5.56. The van der Waals surface area contributed by atoms with E-state index in [2.05, 4.69) is 24.8 Å². The molecule has 3 aromatic rings. The molecule has 0 spiro atoms. The van der Waals surface area contributed by atoms with Crippen LogP contribution in [0.2, 0.25) is 0 Å². The Hall–Kier alpha value is -2.37. The van der Waals surface area contributed by atoms with Crippen LogP contribution in [0.15, 0.2) is 25.0 Å². The first-order valence-corrected chi connectivity index (χ1v) is 7.38. The van der Waals surface area contributed by atoms with Gasteiger partial charge in [0.2, 0.25) is 0 Å². The van der Waals surface area contributed by atoms with Crippen molar-refractivity contribution in [3.8, 4) is 11.3 Å². The van der Waals surface area contributed by atoms with E-state index in [4.69, 9.17) is 0 Å². The molecule has 1 aliphatic rings. The Bertz CT molecular complexity index is 765. The Morgan fingerprint density at radius 3 is 2.76 bits per heavy atom. The molecule has 1 N–H and O–H groups in total. The van der Waals surface area contributed by atoms with Gasteiger partial charge in [-0.15, -0.1) is 0 Å². The van der Waals surface area contributed by atoms with Gasteiger partial charge in [-0.25, -0.2) is 15.0 Å². The molecule has 4 heterocycles. The highest BCUT2D eigenvalue weighted by atomic mass is 15.2. The third kappa shape index (κ3) is 1.98. The molecule has 0 bridgehead atoms. The van der Waals surface area contributed by atoms with Crippen LogP contribution in [0.1, 0.15) is 19.3 Å². The second-order valence-electron chi connectivity index (χ2n) is 5.56. The van der Waals surface area contributed by atoms with E-state index in [1.54, 1.807) is 6.33 Å². The summed E-state index contributed by atoms with van der Waals surface area (Å²) in [5, 5.41) is 1.10. The lowest BCUT2D eigenvalue weighted by atomic mass is 10.1. The quantitative estimate of drug-likeness (QED) is 0.783. The van der Waals surface area contributed by atoms with Crippen molar-refractivity contribution in [3.05, 3.63) is 25.0 Å². The van der Waals surface area contributed by atoms with Crippen LogP contribution in [0.4, 0.5) is 5.82 Å². The highest BCUT2D eigenvalue weighted by molar-refractivity contribution is 6.00. The molecular weight excluding hydrogens is 264 g/mol. The summed E-state index contributed by atoms with van der Waals surface area (Å²) in [7, 11) is 2.01. The van der Waals surface area contributed by atoms with Gasteiger partial charge in [0.15, 0.2) is 0 Å². The molecule has 21 heavy (non-hydrogen) atoms. The first kappa shape index (κ1) is 12.4. The lowest BCUT2D eigenvalue weighted by Crippen LogP contribution is -2.30. The molecule has 108 valence electrons. The first-order chi connectivity index (χ1) is 10.3. The molecule has 4 rings (SSSR count). The fourth-order valence-corrected chi connectivity index (χ4v) is 3.11. The third-order valence-electron chi connectivity index (χ3n) is 4.20. The minimum atomic E-state index is 0.891. The van der Waals surface area contributed by atoms with Crippen molar-refractivity contribution in [1.29, 1.82) is 0 Å². The zero-order valence-corrected chi connectivity index (χ0v) is 12.1. The topological polar surface area (TPSA) is 62.6 Å². The van der Waals surface area contributed by atoms with Crippen molar-refractivity contribution < 1.29 is 0 Å². The predicted octanol–water partition coefficient (Wildman–Crippen LogP) is 2.35. The molecule has 0 radical (unpaired) electrons. The number of aromatic amines is 1. The third-order valence-corrected chi connectivity index (χ3v) is 4.20. The Kier molecular flexibility index (Phi) is 2.87. The fraction of sp³-hybridized carbons (Fsp3) is 0.400. The minimum absolute atomic E-state index is 0.891. The first-order valence-electron chi connectivity index (χ1n) is 7.38. The molecule has 0 atom stereocenters. The lowest BCUT2D eigenvalue weighted by molar-refractivity contribution is 0.574. The molecule has 0 amide bonds. The minimum Gasteiger partial charge on any atom is -0.356 e. The molecule has 6 nitrogen and oxygen atoms in total. The molecule has 1 fully saturated rings. The SMILES string of the molecule is Cn1cncc1-c1c[nH]c2ncnc(N3CCCCC3)c12. The van der Waals surface area contributed by atoms with Gasteiger partial charge in [0.25, 0.3) is 0 Å². The largest absolute Gasteiger partial charge is 0.356 e. The Labute approximate surface area is 122 Å².